The molecule has 1 saturated carbocycles. The van der Waals surface area contributed by atoms with E-state index in [1.807, 2.05) is 0 Å². The van der Waals surface area contributed by atoms with Crippen LogP contribution in [0.25, 0.3) is 0 Å². The van der Waals surface area contributed by atoms with Crippen LogP contribution in [-0.4, -0.2) is 35.8 Å². The van der Waals surface area contributed by atoms with Gasteiger partial charge in [-0.05, 0) is 18.8 Å². The standard InChI is InChI=1S/C12H16N2O2/c1-2-3-7-14-8-6-10(15)13-11(12(14)16)9-4-5-9/h1,9,11H,3-8H2,(H,13,15). The summed E-state index contributed by atoms with van der Waals surface area (Å²) in [5.74, 6) is 2.90. The van der Waals surface area contributed by atoms with Gasteiger partial charge in [-0.3, -0.25) is 9.59 Å². The van der Waals surface area contributed by atoms with Gasteiger partial charge in [0.2, 0.25) is 11.8 Å². The number of hydrogen-bond acceptors (Lipinski definition) is 2. The first-order valence-electron chi connectivity index (χ1n) is 5.74. The SMILES string of the molecule is C#CCCN1CCC(=O)NC(C2CC2)C1=O. The molecular formula is C12H16N2O2. The van der Waals surface area contributed by atoms with Gasteiger partial charge in [-0.1, -0.05) is 0 Å². The summed E-state index contributed by atoms with van der Waals surface area (Å²) in [6.45, 7) is 1.06. The average Bonchev–Trinajstić information content (AvgIpc) is 3.08. The predicted molar refractivity (Wildman–Crippen MR) is 59.3 cm³/mol. The van der Waals surface area contributed by atoms with Gasteiger partial charge in [0.05, 0.1) is 0 Å². The molecule has 4 heteroatoms. The molecule has 16 heavy (non-hydrogen) atoms. The lowest BCUT2D eigenvalue weighted by molar-refractivity contribution is -0.134. The van der Waals surface area contributed by atoms with Gasteiger partial charge in [-0.25, -0.2) is 0 Å². The van der Waals surface area contributed by atoms with E-state index in [9.17, 15) is 9.59 Å². The highest BCUT2D eigenvalue weighted by atomic mass is 16.2. The van der Waals surface area contributed by atoms with Crippen molar-refractivity contribution in [1.29, 1.82) is 0 Å². The van der Waals surface area contributed by atoms with Crippen LogP contribution in [0.4, 0.5) is 0 Å². The Morgan fingerprint density at radius 2 is 2.19 bits per heavy atom. The molecule has 1 heterocycles. The highest BCUT2D eigenvalue weighted by molar-refractivity contribution is 5.90. The Balaban J connectivity index is 2.04. The van der Waals surface area contributed by atoms with E-state index in [-0.39, 0.29) is 17.9 Å². The second-order valence-corrected chi connectivity index (χ2v) is 4.41. The van der Waals surface area contributed by atoms with Crippen molar-refractivity contribution in [1.82, 2.24) is 10.2 Å². The van der Waals surface area contributed by atoms with E-state index >= 15 is 0 Å². The number of carbonyl (C=O) groups excluding carboxylic acids is 2. The zero-order valence-corrected chi connectivity index (χ0v) is 9.24. The molecular weight excluding hydrogens is 204 g/mol. The topological polar surface area (TPSA) is 49.4 Å². The fourth-order valence-corrected chi connectivity index (χ4v) is 2.02. The van der Waals surface area contributed by atoms with E-state index in [2.05, 4.69) is 11.2 Å². The summed E-state index contributed by atoms with van der Waals surface area (Å²) in [5.41, 5.74) is 0. The van der Waals surface area contributed by atoms with Gasteiger partial charge in [-0.15, -0.1) is 12.3 Å². The number of terminal acetylenes is 1. The molecule has 2 aliphatic rings. The summed E-state index contributed by atoms with van der Waals surface area (Å²) in [4.78, 5) is 25.3. The second kappa shape index (κ2) is 4.56. The number of carbonyl (C=O) groups is 2. The summed E-state index contributed by atoms with van der Waals surface area (Å²) in [7, 11) is 0. The van der Waals surface area contributed by atoms with E-state index in [0.717, 1.165) is 12.8 Å². The van der Waals surface area contributed by atoms with Crippen molar-refractivity contribution in [3.05, 3.63) is 0 Å². The fourth-order valence-electron chi connectivity index (χ4n) is 2.02. The van der Waals surface area contributed by atoms with Crippen LogP contribution in [-0.2, 0) is 9.59 Å². The maximum absolute atomic E-state index is 12.1. The second-order valence-electron chi connectivity index (χ2n) is 4.41. The molecule has 1 aliphatic heterocycles. The van der Waals surface area contributed by atoms with E-state index in [1.165, 1.54) is 0 Å². The predicted octanol–water partition coefficient (Wildman–Crippen LogP) is 0.137. The molecule has 86 valence electrons. The number of hydrogen-bond donors (Lipinski definition) is 1. The Kier molecular flexibility index (Phi) is 3.14. The van der Waals surface area contributed by atoms with Crippen LogP contribution in [0.5, 0.6) is 0 Å². The van der Waals surface area contributed by atoms with E-state index in [0.29, 0.717) is 31.8 Å². The summed E-state index contributed by atoms with van der Waals surface area (Å²) in [5, 5.41) is 2.82. The minimum absolute atomic E-state index is 0.0199. The average molecular weight is 220 g/mol. The van der Waals surface area contributed by atoms with Crippen molar-refractivity contribution in [2.45, 2.75) is 31.7 Å². The van der Waals surface area contributed by atoms with Crippen LogP contribution in [0.2, 0.25) is 0 Å². The first kappa shape index (κ1) is 11.0. The summed E-state index contributed by atoms with van der Waals surface area (Å²) >= 11 is 0. The van der Waals surface area contributed by atoms with Gasteiger partial charge in [0.25, 0.3) is 0 Å². The number of nitrogens with one attached hydrogen (secondary N) is 1. The van der Waals surface area contributed by atoms with Gasteiger partial charge < -0.3 is 10.2 Å². The first-order chi connectivity index (χ1) is 7.72. The van der Waals surface area contributed by atoms with Gasteiger partial charge in [0, 0.05) is 25.9 Å². The number of nitrogens with zero attached hydrogens (tertiary/aromatic N) is 1. The third kappa shape index (κ3) is 2.35. The van der Waals surface area contributed by atoms with E-state index in [4.69, 9.17) is 6.42 Å². The van der Waals surface area contributed by atoms with Crippen LogP contribution in [0.15, 0.2) is 0 Å². The van der Waals surface area contributed by atoms with Crippen LogP contribution >= 0.6 is 0 Å². The van der Waals surface area contributed by atoms with Crippen LogP contribution in [0, 0.1) is 18.3 Å². The van der Waals surface area contributed by atoms with Gasteiger partial charge in [-0.2, -0.15) is 0 Å². The molecule has 1 aliphatic carbocycles. The minimum atomic E-state index is -0.298. The molecule has 2 rings (SSSR count). The molecule has 1 atom stereocenters. The molecule has 0 aromatic heterocycles. The summed E-state index contributed by atoms with van der Waals surface area (Å²) in [6, 6.07) is -0.298. The smallest absolute Gasteiger partial charge is 0.245 e. The molecule has 4 nitrogen and oxygen atoms in total. The largest absolute Gasteiger partial charge is 0.344 e. The maximum atomic E-state index is 12.1. The normalized spacial score (nSPS) is 25.9. The van der Waals surface area contributed by atoms with E-state index < -0.39 is 0 Å². The maximum Gasteiger partial charge on any atom is 0.245 e. The Labute approximate surface area is 95.4 Å². The lowest BCUT2D eigenvalue weighted by Crippen LogP contribution is -2.46. The van der Waals surface area contributed by atoms with Crippen molar-refractivity contribution < 1.29 is 9.59 Å². The minimum Gasteiger partial charge on any atom is -0.344 e. The molecule has 1 saturated heterocycles. The molecule has 2 amide bonds. The Bertz CT molecular complexity index is 341. The Morgan fingerprint density at radius 3 is 2.81 bits per heavy atom. The molecule has 1 unspecified atom stereocenters. The van der Waals surface area contributed by atoms with Gasteiger partial charge >= 0.3 is 0 Å². The van der Waals surface area contributed by atoms with Crippen molar-refractivity contribution in [3.8, 4) is 12.3 Å². The molecule has 0 bridgehead atoms. The Morgan fingerprint density at radius 1 is 1.44 bits per heavy atom. The third-order valence-corrected chi connectivity index (χ3v) is 3.12. The first-order valence-corrected chi connectivity index (χ1v) is 5.74. The number of amides is 2. The van der Waals surface area contributed by atoms with Crippen LogP contribution in [0.1, 0.15) is 25.7 Å². The molecule has 0 radical (unpaired) electrons. The molecule has 0 aromatic rings. The fraction of sp³-hybridized carbons (Fsp3) is 0.667. The quantitative estimate of drug-likeness (QED) is 0.688. The zero-order chi connectivity index (χ0) is 11.5. The van der Waals surface area contributed by atoms with Crippen molar-refractivity contribution in [3.63, 3.8) is 0 Å². The zero-order valence-electron chi connectivity index (χ0n) is 9.24. The van der Waals surface area contributed by atoms with Crippen molar-refractivity contribution >= 4 is 11.8 Å². The molecule has 1 N–H and O–H groups in total. The van der Waals surface area contributed by atoms with Crippen LogP contribution in [0.3, 0.4) is 0 Å². The highest BCUT2D eigenvalue weighted by Crippen LogP contribution is 2.34. The van der Waals surface area contributed by atoms with Gasteiger partial charge in [0.15, 0.2) is 0 Å². The lowest BCUT2D eigenvalue weighted by atomic mass is 10.1. The highest BCUT2D eigenvalue weighted by Gasteiger charge is 2.40. The summed E-state index contributed by atoms with van der Waals surface area (Å²) in [6.07, 6.45) is 8.22. The molecule has 0 aromatic carbocycles. The third-order valence-electron chi connectivity index (χ3n) is 3.12. The summed E-state index contributed by atoms with van der Waals surface area (Å²) < 4.78 is 0. The molecule has 0 spiro atoms. The molecule has 2 fully saturated rings. The van der Waals surface area contributed by atoms with E-state index in [1.54, 1.807) is 4.90 Å². The van der Waals surface area contributed by atoms with Crippen molar-refractivity contribution in [2.24, 2.45) is 5.92 Å². The number of rotatable bonds is 3. The Hall–Kier alpha value is -1.50. The van der Waals surface area contributed by atoms with Crippen molar-refractivity contribution in [2.75, 3.05) is 13.1 Å². The lowest BCUT2D eigenvalue weighted by Gasteiger charge is -2.23. The monoisotopic (exact) mass is 220 g/mol. The van der Waals surface area contributed by atoms with Crippen LogP contribution < -0.4 is 5.32 Å². The van der Waals surface area contributed by atoms with Gasteiger partial charge in [0.1, 0.15) is 6.04 Å².